The number of hydrogen-bond donors (Lipinski definition) is 1. The quantitative estimate of drug-likeness (QED) is 0.785. The molecule has 0 spiro atoms. The number of nitrogens with one attached hydrogen (secondary N) is 1. The topological polar surface area (TPSA) is 82.9 Å². The summed E-state index contributed by atoms with van der Waals surface area (Å²) < 4.78 is 5.11. The van der Waals surface area contributed by atoms with Gasteiger partial charge in [0.25, 0.3) is 5.91 Å². The van der Waals surface area contributed by atoms with Crippen LogP contribution in [0.1, 0.15) is 23.4 Å². The molecule has 0 saturated carbocycles. The Morgan fingerprint density at radius 1 is 1.18 bits per heavy atom. The minimum Gasteiger partial charge on any atom is -0.459 e. The molecule has 2 aliphatic rings. The predicted molar refractivity (Wildman–Crippen MR) is 76.9 cm³/mol. The largest absolute Gasteiger partial charge is 0.459 e. The van der Waals surface area contributed by atoms with Gasteiger partial charge < -0.3 is 19.5 Å². The highest BCUT2D eigenvalue weighted by Crippen LogP contribution is 2.17. The highest BCUT2D eigenvalue weighted by atomic mass is 16.3. The molecule has 0 aromatic carbocycles. The van der Waals surface area contributed by atoms with Crippen molar-refractivity contribution in [3.05, 3.63) is 24.2 Å². The average molecular weight is 305 g/mol. The van der Waals surface area contributed by atoms with Crippen molar-refractivity contribution >= 4 is 17.7 Å². The van der Waals surface area contributed by atoms with Gasteiger partial charge in [0.05, 0.1) is 6.26 Å². The van der Waals surface area contributed by atoms with E-state index in [0.29, 0.717) is 44.9 Å². The van der Waals surface area contributed by atoms with Crippen LogP contribution in [0.4, 0.5) is 0 Å². The van der Waals surface area contributed by atoms with Gasteiger partial charge >= 0.3 is 0 Å². The van der Waals surface area contributed by atoms with E-state index >= 15 is 0 Å². The molecule has 7 heteroatoms. The number of rotatable bonds is 2. The van der Waals surface area contributed by atoms with E-state index in [1.54, 1.807) is 21.9 Å². The van der Waals surface area contributed by atoms with Crippen LogP contribution < -0.4 is 5.32 Å². The summed E-state index contributed by atoms with van der Waals surface area (Å²) in [5, 5.41) is 2.73. The molecule has 3 amide bonds. The minimum atomic E-state index is -0.568. The lowest BCUT2D eigenvalue weighted by molar-refractivity contribution is -0.144. The summed E-state index contributed by atoms with van der Waals surface area (Å²) in [5.41, 5.74) is 0. The molecule has 7 nitrogen and oxygen atoms in total. The Labute approximate surface area is 128 Å². The van der Waals surface area contributed by atoms with E-state index in [9.17, 15) is 14.4 Å². The minimum absolute atomic E-state index is 0.123. The third-order valence-corrected chi connectivity index (χ3v) is 4.19. The molecular formula is C15H19N3O4. The molecule has 1 N–H and O–H groups in total. The maximum atomic E-state index is 12.4. The summed E-state index contributed by atoms with van der Waals surface area (Å²) in [6.45, 7) is 2.47. The summed E-state index contributed by atoms with van der Waals surface area (Å²) in [6, 6.07) is 3.31. The van der Waals surface area contributed by atoms with Gasteiger partial charge in [0.2, 0.25) is 11.8 Å². The second-order valence-corrected chi connectivity index (χ2v) is 5.58. The fourth-order valence-corrected chi connectivity index (χ4v) is 2.91. The van der Waals surface area contributed by atoms with Gasteiger partial charge in [-0.3, -0.25) is 14.4 Å². The van der Waals surface area contributed by atoms with E-state index in [-0.39, 0.29) is 17.7 Å². The normalized spacial score (nSPS) is 22.4. The van der Waals surface area contributed by atoms with Crippen LogP contribution in [0.15, 0.2) is 22.8 Å². The number of piperazine rings is 1. The van der Waals surface area contributed by atoms with Crippen LogP contribution in [0, 0.1) is 5.92 Å². The molecule has 22 heavy (non-hydrogen) atoms. The van der Waals surface area contributed by atoms with Crippen LogP contribution in [-0.4, -0.2) is 60.2 Å². The van der Waals surface area contributed by atoms with Gasteiger partial charge in [-0.15, -0.1) is 0 Å². The zero-order chi connectivity index (χ0) is 15.5. The number of carbonyl (C=O) groups excluding carboxylic acids is 3. The first-order valence-electron chi connectivity index (χ1n) is 7.56. The van der Waals surface area contributed by atoms with Crippen LogP contribution in [0.5, 0.6) is 0 Å². The van der Waals surface area contributed by atoms with Gasteiger partial charge in [0, 0.05) is 32.7 Å². The molecule has 0 aliphatic carbocycles. The van der Waals surface area contributed by atoms with E-state index in [4.69, 9.17) is 4.42 Å². The maximum Gasteiger partial charge on any atom is 0.289 e. The van der Waals surface area contributed by atoms with Crippen LogP contribution in [0.3, 0.4) is 0 Å². The van der Waals surface area contributed by atoms with Gasteiger partial charge in [-0.2, -0.15) is 0 Å². The zero-order valence-corrected chi connectivity index (χ0v) is 12.3. The van der Waals surface area contributed by atoms with Crippen LogP contribution >= 0.6 is 0 Å². The van der Waals surface area contributed by atoms with Crippen LogP contribution in [0.25, 0.3) is 0 Å². The molecule has 1 aromatic heterocycles. The Kier molecular flexibility index (Phi) is 4.13. The van der Waals surface area contributed by atoms with Gasteiger partial charge in [0.15, 0.2) is 5.76 Å². The van der Waals surface area contributed by atoms with Crippen molar-refractivity contribution in [1.29, 1.82) is 0 Å². The van der Waals surface area contributed by atoms with Crippen molar-refractivity contribution in [3.8, 4) is 0 Å². The molecule has 118 valence electrons. The number of amides is 3. The summed E-state index contributed by atoms with van der Waals surface area (Å²) in [7, 11) is 0. The lowest BCUT2D eigenvalue weighted by atomic mass is 9.97. The summed E-state index contributed by atoms with van der Waals surface area (Å²) in [4.78, 5) is 39.7. The number of furan rings is 1. The first kappa shape index (κ1) is 14.6. The van der Waals surface area contributed by atoms with E-state index in [1.165, 1.54) is 6.26 Å². The molecule has 0 bridgehead atoms. The Morgan fingerprint density at radius 3 is 2.55 bits per heavy atom. The van der Waals surface area contributed by atoms with Gasteiger partial charge in [0.1, 0.15) is 5.92 Å². The molecule has 0 radical (unpaired) electrons. The lowest BCUT2D eigenvalue weighted by Crippen LogP contribution is -2.54. The number of nitrogens with zero attached hydrogens (tertiary/aromatic N) is 2. The Morgan fingerprint density at radius 2 is 1.91 bits per heavy atom. The molecule has 2 saturated heterocycles. The molecule has 2 aliphatic heterocycles. The molecule has 3 heterocycles. The summed E-state index contributed by atoms with van der Waals surface area (Å²) in [6.07, 6.45) is 2.91. The monoisotopic (exact) mass is 305 g/mol. The molecule has 1 aromatic rings. The molecular weight excluding hydrogens is 286 g/mol. The van der Waals surface area contributed by atoms with E-state index in [1.807, 2.05) is 0 Å². The predicted octanol–water partition coefficient (Wildman–Crippen LogP) is 0.0902. The Hall–Kier alpha value is -2.31. The molecule has 3 rings (SSSR count). The van der Waals surface area contributed by atoms with Crippen molar-refractivity contribution in [2.24, 2.45) is 5.92 Å². The highest BCUT2D eigenvalue weighted by molar-refractivity contribution is 6.00. The second-order valence-electron chi connectivity index (χ2n) is 5.58. The number of carbonyl (C=O) groups is 3. The Bertz CT molecular complexity index is 561. The van der Waals surface area contributed by atoms with Crippen LogP contribution in [0.2, 0.25) is 0 Å². The SMILES string of the molecule is O=C1NCCC[C@H]1C(=O)N1CCN(C(=O)c2ccco2)CC1. The summed E-state index contributed by atoms with van der Waals surface area (Å²) in [5.74, 6) is -0.715. The van der Waals surface area contributed by atoms with E-state index in [2.05, 4.69) is 5.32 Å². The van der Waals surface area contributed by atoms with Gasteiger partial charge in [-0.05, 0) is 25.0 Å². The zero-order valence-electron chi connectivity index (χ0n) is 12.3. The lowest BCUT2D eigenvalue weighted by Gasteiger charge is -2.36. The third-order valence-electron chi connectivity index (χ3n) is 4.19. The van der Waals surface area contributed by atoms with Crippen molar-refractivity contribution in [3.63, 3.8) is 0 Å². The van der Waals surface area contributed by atoms with Crippen molar-refractivity contribution in [2.75, 3.05) is 32.7 Å². The fraction of sp³-hybridized carbons (Fsp3) is 0.533. The van der Waals surface area contributed by atoms with Crippen molar-refractivity contribution in [2.45, 2.75) is 12.8 Å². The maximum absolute atomic E-state index is 12.4. The van der Waals surface area contributed by atoms with Gasteiger partial charge in [-0.1, -0.05) is 0 Å². The van der Waals surface area contributed by atoms with Crippen molar-refractivity contribution < 1.29 is 18.8 Å². The Balaban J connectivity index is 1.56. The fourth-order valence-electron chi connectivity index (χ4n) is 2.91. The van der Waals surface area contributed by atoms with Crippen LogP contribution in [-0.2, 0) is 9.59 Å². The first-order chi connectivity index (χ1) is 10.7. The van der Waals surface area contributed by atoms with Gasteiger partial charge in [-0.25, -0.2) is 0 Å². The number of hydrogen-bond acceptors (Lipinski definition) is 4. The van der Waals surface area contributed by atoms with E-state index in [0.717, 1.165) is 6.42 Å². The third kappa shape index (κ3) is 2.84. The van der Waals surface area contributed by atoms with Crippen molar-refractivity contribution in [1.82, 2.24) is 15.1 Å². The van der Waals surface area contributed by atoms with E-state index < -0.39 is 5.92 Å². The first-order valence-corrected chi connectivity index (χ1v) is 7.56. The average Bonchev–Trinajstić information content (AvgIpc) is 3.09. The highest BCUT2D eigenvalue weighted by Gasteiger charge is 2.34. The molecule has 2 fully saturated rings. The standard InChI is InChI=1S/C15H19N3O4/c19-13-11(3-1-5-16-13)14(20)17-6-8-18(9-7-17)15(21)12-4-2-10-22-12/h2,4,10-11H,1,3,5-9H2,(H,16,19)/t11-/m1/s1. The number of piperidine rings is 1. The second kappa shape index (κ2) is 6.21. The molecule has 0 unspecified atom stereocenters. The smallest absolute Gasteiger partial charge is 0.289 e. The summed E-state index contributed by atoms with van der Waals surface area (Å²) >= 11 is 0. The molecule has 1 atom stereocenters.